The van der Waals surface area contributed by atoms with Crippen molar-refractivity contribution in [1.29, 1.82) is 0 Å². The Balaban J connectivity index is 2.05. The zero-order valence-electron chi connectivity index (χ0n) is 9.62. The van der Waals surface area contributed by atoms with E-state index in [-0.39, 0.29) is 0 Å². The highest BCUT2D eigenvalue weighted by molar-refractivity contribution is 5.59. The van der Waals surface area contributed by atoms with Gasteiger partial charge in [0, 0.05) is 6.04 Å². The van der Waals surface area contributed by atoms with E-state index in [0.29, 0.717) is 25.2 Å². The molecule has 0 aromatic rings. The molecule has 4 heteroatoms. The molecule has 1 atom stereocenters. The Kier molecular flexibility index (Phi) is 5.47. The number of hydrogen-bond acceptors (Lipinski definition) is 4. The second-order valence-electron chi connectivity index (χ2n) is 4.41. The van der Waals surface area contributed by atoms with Crippen molar-refractivity contribution in [2.45, 2.75) is 39.2 Å². The van der Waals surface area contributed by atoms with E-state index in [9.17, 15) is 4.79 Å². The van der Waals surface area contributed by atoms with Gasteiger partial charge < -0.3 is 14.8 Å². The van der Waals surface area contributed by atoms with Crippen LogP contribution in [-0.4, -0.2) is 32.0 Å². The lowest BCUT2D eigenvalue weighted by atomic mass is 10.1. The van der Waals surface area contributed by atoms with Crippen molar-refractivity contribution in [1.82, 2.24) is 5.32 Å². The topological polar surface area (TPSA) is 47.6 Å². The molecule has 0 aromatic carbocycles. The van der Waals surface area contributed by atoms with Crippen molar-refractivity contribution in [3.8, 4) is 0 Å². The summed E-state index contributed by atoms with van der Waals surface area (Å²) in [5.74, 6) is 0.352. The van der Waals surface area contributed by atoms with Crippen molar-refractivity contribution >= 4 is 6.16 Å². The minimum Gasteiger partial charge on any atom is -0.434 e. The molecule has 88 valence electrons. The van der Waals surface area contributed by atoms with Crippen LogP contribution in [0.5, 0.6) is 0 Å². The van der Waals surface area contributed by atoms with Crippen LogP contribution in [-0.2, 0) is 9.47 Å². The van der Waals surface area contributed by atoms with E-state index in [1.54, 1.807) is 0 Å². The third-order valence-electron chi connectivity index (χ3n) is 2.35. The molecule has 1 N–H and O–H groups in total. The molecule has 0 aliphatic carbocycles. The Morgan fingerprint density at radius 1 is 1.40 bits per heavy atom. The zero-order chi connectivity index (χ0) is 11.1. The summed E-state index contributed by atoms with van der Waals surface area (Å²) in [4.78, 5) is 11.1. The van der Waals surface area contributed by atoms with Gasteiger partial charge in [-0.2, -0.15) is 0 Å². The van der Waals surface area contributed by atoms with Crippen LogP contribution < -0.4 is 5.32 Å². The molecule has 4 nitrogen and oxygen atoms in total. The first-order valence-corrected chi connectivity index (χ1v) is 5.71. The number of carbonyl (C=O) groups is 1. The fourth-order valence-electron chi connectivity index (χ4n) is 1.51. The van der Waals surface area contributed by atoms with E-state index >= 15 is 0 Å². The van der Waals surface area contributed by atoms with E-state index in [1.165, 1.54) is 12.8 Å². The molecular formula is C11H21NO3. The van der Waals surface area contributed by atoms with Gasteiger partial charge in [0.2, 0.25) is 0 Å². The Morgan fingerprint density at radius 3 is 2.80 bits per heavy atom. The quantitative estimate of drug-likeness (QED) is 0.728. The number of ether oxygens (including phenoxy) is 2. The molecule has 0 saturated carbocycles. The van der Waals surface area contributed by atoms with E-state index < -0.39 is 6.16 Å². The molecule has 1 aliphatic heterocycles. The van der Waals surface area contributed by atoms with E-state index in [2.05, 4.69) is 5.32 Å². The van der Waals surface area contributed by atoms with Gasteiger partial charge in [-0.1, -0.05) is 20.3 Å². The predicted octanol–water partition coefficient (Wildman–Crippen LogP) is 1.94. The number of rotatable bonds is 4. The molecule has 1 fully saturated rings. The molecule has 1 aliphatic rings. The summed E-state index contributed by atoms with van der Waals surface area (Å²) in [7, 11) is 0. The first kappa shape index (κ1) is 12.3. The lowest BCUT2D eigenvalue weighted by Gasteiger charge is -2.22. The van der Waals surface area contributed by atoms with Crippen LogP contribution in [0.4, 0.5) is 4.79 Å². The van der Waals surface area contributed by atoms with Crippen LogP contribution in [0.25, 0.3) is 0 Å². The molecule has 0 radical (unpaired) electrons. The third kappa shape index (κ3) is 5.62. The Bertz CT molecular complexity index is 188. The zero-order valence-corrected chi connectivity index (χ0v) is 9.62. The monoisotopic (exact) mass is 215 g/mol. The predicted molar refractivity (Wildman–Crippen MR) is 57.8 cm³/mol. The van der Waals surface area contributed by atoms with Crippen molar-refractivity contribution < 1.29 is 14.3 Å². The Morgan fingerprint density at radius 2 is 2.20 bits per heavy atom. The molecule has 1 rings (SSSR count). The van der Waals surface area contributed by atoms with Gasteiger partial charge in [0.15, 0.2) is 0 Å². The molecule has 1 saturated heterocycles. The van der Waals surface area contributed by atoms with Gasteiger partial charge in [-0.3, -0.25) is 0 Å². The number of piperidine rings is 1. The normalized spacial score (nSPS) is 21.4. The Labute approximate surface area is 91.3 Å². The van der Waals surface area contributed by atoms with Gasteiger partial charge in [0.25, 0.3) is 0 Å². The number of nitrogens with one attached hydrogen (secondary N) is 1. The maximum atomic E-state index is 11.1. The van der Waals surface area contributed by atoms with Crippen LogP contribution in [0.1, 0.15) is 33.1 Å². The fourth-order valence-corrected chi connectivity index (χ4v) is 1.51. The highest BCUT2D eigenvalue weighted by Gasteiger charge is 2.15. The largest absolute Gasteiger partial charge is 0.508 e. The summed E-state index contributed by atoms with van der Waals surface area (Å²) in [6.45, 7) is 5.87. The van der Waals surface area contributed by atoms with Crippen molar-refractivity contribution in [3.63, 3.8) is 0 Å². The second-order valence-corrected chi connectivity index (χ2v) is 4.41. The summed E-state index contributed by atoms with van der Waals surface area (Å²) in [6.07, 6.45) is 2.96. The lowest BCUT2D eigenvalue weighted by molar-refractivity contribution is 0.0394. The van der Waals surface area contributed by atoms with Crippen LogP contribution >= 0.6 is 0 Å². The average Bonchev–Trinajstić information content (AvgIpc) is 2.25. The first-order chi connectivity index (χ1) is 7.18. The molecular weight excluding hydrogens is 194 g/mol. The highest BCUT2D eigenvalue weighted by atomic mass is 16.7. The van der Waals surface area contributed by atoms with E-state index in [1.807, 2.05) is 13.8 Å². The van der Waals surface area contributed by atoms with Gasteiger partial charge in [-0.25, -0.2) is 4.79 Å². The average molecular weight is 215 g/mol. The van der Waals surface area contributed by atoms with Crippen LogP contribution in [0.3, 0.4) is 0 Å². The van der Waals surface area contributed by atoms with Crippen LogP contribution in [0, 0.1) is 5.92 Å². The molecule has 0 aromatic heterocycles. The molecule has 15 heavy (non-hydrogen) atoms. The standard InChI is InChI=1S/C11H21NO3/c1-9(2)7-14-11(13)15-8-10-5-3-4-6-12-10/h9-10,12H,3-8H2,1-2H3. The van der Waals surface area contributed by atoms with Crippen molar-refractivity contribution in [3.05, 3.63) is 0 Å². The maximum Gasteiger partial charge on any atom is 0.508 e. The van der Waals surface area contributed by atoms with Crippen LogP contribution in [0.2, 0.25) is 0 Å². The smallest absolute Gasteiger partial charge is 0.434 e. The summed E-state index contributed by atoms with van der Waals surface area (Å²) in [5.41, 5.74) is 0. The van der Waals surface area contributed by atoms with Gasteiger partial charge in [-0.15, -0.1) is 0 Å². The van der Waals surface area contributed by atoms with E-state index in [0.717, 1.165) is 13.0 Å². The minimum absolute atomic E-state index is 0.311. The van der Waals surface area contributed by atoms with E-state index in [4.69, 9.17) is 9.47 Å². The van der Waals surface area contributed by atoms with Gasteiger partial charge >= 0.3 is 6.16 Å². The van der Waals surface area contributed by atoms with Gasteiger partial charge in [0.05, 0.1) is 6.61 Å². The SMILES string of the molecule is CC(C)COC(=O)OCC1CCCCN1. The summed E-state index contributed by atoms with van der Waals surface area (Å²) in [5, 5.41) is 3.31. The summed E-state index contributed by atoms with van der Waals surface area (Å²) in [6, 6.07) is 0.311. The summed E-state index contributed by atoms with van der Waals surface area (Å²) >= 11 is 0. The van der Waals surface area contributed by atoms with Crippen LogP contribution in [0.15, 0.2) is 0 Å². The van der Waals surface area contributed by atoms with Crippen molar-refractivity contribution in [2.24, 2.45) is 5.92 Å². The molecule has 1 unspecified atom stereocenters. The molecule has 0 amide bonds. The lowest BCUT2D eigenvalue weighted by Crippen LogP contribution is -2.38. The number of hydrogen-bond donors (Lipinski definition) is 1. The second kappa shape index (κ2) is 6.67. The summed E-state index contributed by atoms with van der Waals surface area (Å²) < 4.78 is 9.91. The molecule has 0 bridgehead atoms. The Hall–Kier alpha value is -0.770. The highest BCUT2D eigenvalue weighted by Crippen LogP contribution is 2.07. The van der Waals surface area contributed by atoms with Crippen molar-refractivity contribution in [2.75, 3.05) is 19.8 Å². The number of carbonyl (C=O) groups excluding carboxylic acids is 1. The van der Waals surface area contributed by atoms with Gasteiger partial charge in [0.1, 0.15) is 6.61 Å². The maximum absolute atomic E-state index is 11.1. The first-order valence-electron chi connectivity index (χ1n) is 5.71. The molecule has 1 heterocycles. The van der Waals surface area contributed by atoms with Gasteiger partial charge in [-0.05, 0) is 25.3 Å². The fraction of sp³-hybridized carbons (Fsp3) is 0.909. The third-order valence-corrected chi connectivity index (χ3v) is 2.35. The molecule has 0 spiro atoms. The minimum atomic E-state index is -0.545.